The molecule has 0 aromatic carbocycles. The number of nitrogens with two attached hydrogens (primary N) is 1. The van der Waals surface area contributed by atoms with Gasteiger partial charge in [0.2, 0.25) is 5.91 Å². The number of amides is 1. The topological polar surface area (TPSA) is 46.3 Å². The van der Waals surface area contributed by atoms with Crippen LogP contribution in [0, 0.1) is 0 Å². The second kappa shape index (κ2) is 2.90. The quantitative estimate of drug-likeness (QED) is 0.568. The van der Waals surface area contributed by atoms with Crippen molar-refractivity contribution in [1.82, 2.24) is 4.90 Å². The molecule has 2 rings (SSSR count). The van der Waals surface area contributed by atoms with E-state index in [0.717, 1.165) is 25.8 Å². The molecule has 2 atom stereocenters. The Labute approximate surface area is 72.2 Å². The van der Waals surface area contributed by atoms with Gasteiger partial charge in [0, 0.05) is 6.54 Å². The van der Waals surface area contributed by atoms with Crippen molar-refractivity contribution in [3.05, 3.63) is 12.2 Å². The molecule has 1 amide bonds. The molecule has 12 heavy (non-hydrogen) atoms. The van der Waals surface area contributed by atoms with E-state index >= 15 is 0 Å². The van der Waals surface area contributed by atoms with Crippen molar-refractivity contribution in [3.8, 4) is 0 Å². The monoisotopic (exact) mass is 166 g/mol. The van der Waals surface area contributed by atoms with Gasteiger partial charge in [-0.2, -0.15) is 0 Å². The summed E-state index contributed by atoms with van der Waals surface area (Å²) in [6, 6.07) is 0.102. The van der Waals surface area contributed by atoms with Gasteiger partial charge >= 0.3 is 0 Å². The van der Waals surface area contributed by atoms with Crippen LogP contribution >= 0.6 is 0 Å². The highest BCUT2D eigenvalue weighted by Crippen LogP contribution is 2.21. The van der Waals surface area contributed by atoms with Crippen LogP contribution in [0.15, 0.2) is 12.2 Å². The lowest BCUT2D eigenvalue weighted by atomic mass is 10.2. The summed E-state index contributed by atoms with van der Waals surface area (Å²) < 4.78 is 0. The van der Waals surface area contributed by atoms with Crippen molar-refractivity contribution >= 4 is 5.91 Å². The van der Waals surface area contributed by atoms with Crippen molar-refractivity contribution in [2.75, 3.05) is 6.54 Å². The molecular weight excluding hydrogens is 152 g/mol. The van der Waals surface area contributed by atoms with Crippen LogP contribution in [0.2, 0.25) is 0 Å². The van der Waals surface area contributed by atoms with E-state index in [4.69, 9.17) is 5.73 Å². The van der Waals surface area contributed by atoms with Crippen LogP contribution in [0.5, 0.6) is 0 Å². The van der Waals surface area contributed by atoms with E-state index < -0.39 is 0 Å². The lowest BCUT2D eigenvalue weighted by Gasteiger charge is -2.22. The van der Waals surface area contributed by atoms with Gasteiger partial charge in [-0.25, -0.2) is 0 Å². The molecule has 2 unspecified atom stereocenters. The molecule has 0 aromatic rings. The Morgan fingerprint density at radius 2 is 2.33 bits per heavy atom. The van der Waals surface area contributed by atoms with Crippen LogP contribution in [0.1, 0.15) is 19.3 Å². The van der Waals surface area contributed by atoms with Crippen molar-refractivity contribution < 1.29 is 4.79 Å². The van der Waals surface area contributed by atoms with E-state index in [1.807, 2.05) is 4.90 Å². The van der Waals surface area contributed by atoms with Crippen LogP contribution < -0.4 is 5.73 Å². The highest BCUT2D eigenvalue weighted by molar-refractivity contribution is 5.84. The molecule has 0 bridgehead atoms. The van der Waals surface area contributed by atoms with Crippen molar-refractivity contribution in [2.45, 2.75) is 31.3 Å². The summed E-state index contributed by atoms with van der Waals surface area (Å²) >= 11 is 0. The van der Waals surface area contributed by atoms with Gasteiger partial charge in [0.15, 0.2) is 0 Å². The Morgan fingerprint density at radius 1 is 1.50 bits per heavy atom. The molecule has 1 fully saturated rings. The molecule has 1 aliphatic heterocycles. The maximum atomic E-state index is 11.5. The fourth-order valence-electron chi connectivity index (χ4n) is 1.93. The number of nitrogens with zero attached hydrogens (tertiary/aromatic N) is 1. The minimum absolute atomic E-state index is 0.131. The maximum Gasteiger partial charge on any atom is 0.240 e. The minimum atomic E-state index is -0.237. The Kier molecular flexibility index (Phi) is 1.89. The van der Waals surface area contributed by atoms with Gasteiger partial charge in [0.05, 0.1) is 12.1 Å². The van der Waals surface area contributed by atoms with E-state index in [0.29, 0.717) is 6.04 Å². The minimum Gasteiger partial charge on any atom is -0.335 e. The normalized spacial score (nSPS) is 35.1. The number of hydrogen-bond acceptors (Lipinski definition) is 2. The van der Waals surface area contributed by atoms with Crippen LogP contribution in [-0.4, -0.2) is 29.4 Å². The Hall–Kier alpha value is -0.830. The molecule has 1 heterocycles. The molecule has 0 saturated carbocycles. The molecule has 3 heteroatoms. The molecule has 0 aromatic heterocycles. The highest BCUT2D eigenvalue weighted by Gasteiger charge is 2.32. The summed E-state index contributed by atoms with van der Waals surface area (Å²) in [5, 5.41) is 0. The van der Waals surface area contributed by atoms with E-state index in [9.17, 15) is 4.79 Å². The van der Waals surface area contributed by atoms with Gasteiger partial charge in [-0.15, -0.1) is 0 Å². The second-order valence-electron chi connectivity index (χ2n) is 3.50. The summed E-state index contributed by atoms with van der Waals surface area (Å²) in [5.41, 5.74) is 5.62. The fourth-order valence-corrected chi connectivity index (χ4v) is 1.93. The number of allylic oxidation sites excluding steroid dienone is 1. The maximum absolute atomic E-state index is 11.5. The average Bonchev–Trinajstić information content (AvgIpc) is 2.64. The first kappa shape index (κ1) is 7.80. The summed E-state index contributed by atoms with van der Waals surface area (Å²) in [7, 11) is 0. The van der Waals surface area contributed by atoms with E-state index in [-0.39, 0.29) is 11.9 Å². The number of hydrogen-bond donors (Lipinski definition) is 1. The molecule has 3 nitrogen and oxygen atoms in total. The smallest absolute Gasteiger partial charge is 0.240 e. The lowest BCUT2D eigenvalue weighted by molar-refractivity contribution is -0.129. The molecule has 66 valence electrons. The Morgan fingerprint density at radius 3 is 2.83 bits per heavy atom. The van der Waals surface area contributed by atoms with Crippen molar-refractivity contribution in [3.63, 3.8) is 0 Å². The van der Waals surface area contributed by atoms with Crippen molar-refractivity contribution in [2.24, 2.45) is 5.73 Å². The third-order valence-corrected chi connectivity index (χ3v) is 2.67. The van der Waals surface area contributed by atoms with Gasteiger partial charge in [-0.3, -0.25) is 4.79 Å². The number of carbonyl (C=O) groups excluding carboxylic acids is 1. The first-order valence-electron chi connectivity index (χ1n) is 4.52. The zero-order valence-electron chi connectivity index (χ0n) is 7.07. The summed E-state index contributed by atoms with van der Waals surface area (Å²) in [4.78, 5) is 13.4. The predicted molar refractivity (Wildman–Crippen MR) is 46.5 cm³/mol. The van der Waals surface area contributed by atoms with Crippen LogP contribution in [0.4, 0.5) is 0 Å². The highest BCUT2D eigenvalue weighted by atomic mass is 16.2. The summed E-state index contributed by atoms with van der Waals surface area (Å²) in [5.74, 6) is 0.131. The van der Waals surface area contributed by atoms with E-state index in [2.05, 4.69) is 12.2 Å². The summed E-state index contributed by atoms with van der Waals surface area (Å²) in [6.45, 7) is 0.842. The predicted octanol–water partition coefficient (Wildman–Crippen LogP) is 0.265. The van der Waals surface area contributed by atoms with Gasteiger partial charge in [0.25, 0.3) is 0 Å². The van der Waals surface area contributed by atoms with Gasteiger partial charge in [0.1, 0.15) is 0 Å². The van der Waals surface area contributed by atoms with Crippen LogP contribution in [0.3, 0.4) is 0 Å². The molecule has 0 radical (unpaired) electrons. The molecule has 2 N–H and O–H groups in total. The first-order valence-corrected chi connectivity index (χ1v) is 4.52. The molecule has 1 saturated heterocycles. The second-order valence-corrected chi connectivity index (χ2v) is 3.50. The molecule has 1 aliphatic carbocycles. The number of likely N-dealkylation sites (tertiary alicyclic amines) is 1. The first-order chi connectivity index (χ1) is 5.79. The lowest BCUT2D eigenvalue weighted by Crippen LogP contribution is -2.39. The van der Waals surface area contributed by atoms with E-state index in [1.165, 1.54) is 0 Å². The van der Waals surface area contributed by atoms with Crippen LogP contribution in [-0.2, 0) is 4.79 Å². The van der Waals surface area contributed by atoms with Gasteiger partial charge in [-0.1, -0.05) is 12.2 Å². The standard InChI is InChI=1S/C9H14N2O/c10-8-5-6-11(9(8)12)7-3-1-2-4-7/h1,3,7-8H,2,4-6,10H2. The van der Waals surface area contributed by atoms with Gasteiger partial charge < -0.3 is 10.6 Å². The Balaban J connectivity index is 2.05. The number of rotatable bonds is 1. The average molecular weight is 166 g/mol. The van der Waals surface area contributed by atoms with Crippen molar-refractivity contribution in [1.29, 1.82) is 0 Å². The number of carbonyl (C=O) groups is 1. The Bertz CT molecular complexity index is 225. The third-order valence-electron chi connectivity index (χ3n) is 2.67. The SMILES string of the molecule is NC1CCN(C2C=CCC2)C1=O. The largest absolute Gasteiger partial charge is 0.335 e. The van der Waals surface area contributed by atoms with Gasteiger partial charge in [-0.05, 0) is 19.3 Å². The van der Waals surface area contributed by atoms with E-state index in [1.54, 1.807) is 0 Å². The third kappa shape index (κ3) is 1.14. The zero-order chi connectivity index (χ0) is 8.55. The zero-order valence-corrected chi connectivity index (χ0v) is 7.07. The molecular formula is C9H14N2O. The summed E-state index contributed by atoms with van der Waals surface area (Å²) in [6.07, 6.45) is 7.27. The molecule has 2 aliphatic rings. The molecule has 0 spiro atoms. The van der Waals surface area contributed by atoms with Crippen LogP contribution in [0.25, 0.3) is 0 Å². The fraction of sp³-hybridized carbons (Fsp3) is 0.667.